The van der Waals surface area contributed by atoms with Gasteiger partial charge in [0.15, 0.2) is 5.69 Å². The molecule has 22 heavy (non-hydrogen) atoms. The van der Waals surface area contributed by atoms with E-state index in [1.54, 1.807) is 0 Å². The van der Waals surface area contributed by atoms with Gasteiger partial charge in [-0.3, -0.25) is 9.89 Å². The van der Waals surface area contributed by atoms with Gasteiger partial charge in [-0.1, -0.05) is 0 Å². The Hall–Kier alpha value is -1.44. The van der Waals surface area contributed by atoms with Crippen LogP contribution in [0.2, 0.25) is 0 Å². The molecule has 0 aliphatic carbocycles. The lowest BCUT2D eigenvalue weighted by atomic mass is 10.1. The number of ether oxygens (including phenoxy) is 1. The third kappa shape index (κ3) is 4.53. The van der Waals surface area contributed by atoms with Gasteiger partial charge in [-0.2, -0.15) is 5.10 Å². The molecular formula is C15H27N5O2. The van der Waals surface area contributed by atoms with Crippen molar-refractivity contribution in [1.29, 1.82) is 0 Å². The zero-order valence-corrected chi connectivity index (χ0v) is 13.7. The summed E-state index contributed by atoms with van der Waals surface area (Å²) in [7, 11) is 4.06. The average molecular weight is 309 g/mol. The molecule has 1 aromatic heterocycles. The zero-order valence-electron chi connectivity index (χ0n) is 13.7. The van der Waals surface area contributed by atoms with E-state index in [1.807, 2.05) is 21.0 Å². The standard InChI is InChI=1S/C15H27N5O2/c1-4-22-11(6-8-20(2)3)9-17-15(21)14-12-10-16-7-5-13(12)18-19-14/h11,16H,4-10H2,1-3H3,(H,17,21)(H,18,19). The van der Waals surface area contributed by atoms with E-state index >= 15 is 0 Å². The van der Waals surface area contributed by atoms with Crippen molar-refractivity contribution in [2.24, 2.45) is 0 Å². The number of carbonyl (C=O) groups is 1. The summed E-state index contributed by atoms with van der Waals surface area (Å²) in [4.78, 5) is 14.5. The second-order valence-corrected chi connectivity index (χ2v) is 5.84. The van der Waals surface area contributed by atoms with Crippen molar-refractivity contribution in [3.8, 4) is 0 Å². The molecule has 0 saturated heterocycles. The Balaban J connectivity index is 1.89. The highest BCUT2D eigenvalue weighted by Gasteiger charge is 2.22. The van der Waals surface area contributed by atoms with Gasteiger partial charge in [-0.25, -0.2) is 0 Å². The number of rotatable bonds is 8. The van der Waals surface area contributed by atoms with Crippen molar-refractivity contribution in [1.82, 2.24) is 25.7 Å². The summed E-state index contributed by atoms with van der Waals surface area (Å²) < 4.78 is 5.69. The van der Waals surface area contributed by atoms with E-state index in [9.17, 15) is 4.79 Å². The van der Waals surface area contributed by atoms with Crippen LogP contribution >= 0.6 is 0 Å². The average Bonchev–Trinajstić information content (AvgIpc) is 2.93. The van der Waals surface area contributed by atoms with Crippen molar-refractivity contribution in [2.75, 3.05) is 40.3 Å². The molecule has 7 heteroatoms. The summed E-state index contributed by atoms with van der Waals surface area (Å²) in [6.45, 7) is 5.69. The lowest BCUT2D eigenvalue weighted by Crippen LogP contribution is -2.36. The Kier molecular flexibility index (Phi) is 6.35. The Morgan fingerprint density at radius 3 is 3.05 bits per heavy atom. The third-order valence-corrected chi connectivity index (χ3v) is 3.81. The molecular weight excluding hydrogens is 282 g/mol. The Morgan fingerprint density at radius 1 is 1.50 bits per heavy atom. The first-order chi connectivity index (χ1) is 10.6. The molecule has 0 spiro atoms. The Bertz CT molecular complexity index is 486. The van der Waals surface area contributed by atoms with E-state index in [0.29, 0.717) is 25.4 Å². The van der Waals surface area contributed by atoms with Crippen LogP contribution in [-0.2, 0) is 17.7 Å². The summed E-state index contributed by atoms with van der Waals surface area (Å²) in [6.07, 6.45) is 1.81. The van der Waals surface area contributed by atoms with Crippen LogP contribution in [-0.4, -0.2) is 67.4 Å². The highest BCUT2D eigenvalue weighted by atomic mass is 16.5. The maximum absolute atomic E-state index is 12.3. The molecule has 1 aromatic rings. The fourth-order valence-corrected chi connectivity index (χ4v) is 2.59. The summed E-state index contributed by atoms with van der Waals surface area (Å²) in [6, 6.07) is 0. The van der Waals surface area contributed by atoms with Crippen LogP contribution in [0, 0.1) is 0 Å². The van der Waals surface area contributed by atoms with Crippen molar-refractivity contribution in [3.05, 3.63) is 17.0 Å². The molecule has 1 atom stereocenters. The smallest absolute Gasteiger partial charge is 0.272 e. The largest absolute Gasteiger partial charge is 0.377 e. The molecule has 0 radical (unpaired) electrons. The van der Waals surface area contributed by atoms with E-state index in [2.05, 4.69) is 25.7 Å². The minimum Gasteiger partial charge on any atom is -0.377 e. The van der Waals surface area contributed by atoms with Crippen LogP contribution in [0.3, 0.4) is 0 Å². The van der Waals surface area contributed by atoms with Crippen molar-refractivity contribution in [3.63, 3.8) is 0 Å². The molecule has 1 amide bonds. The molecule has 7 nitrogen and oxygen atoms in total. The molecule has 0 saturated carbocycles. The first kappa shape index (κ1) is 16.9. The summed E-state index contributed by atoms with van der Waals surface area (Å²) >= 11 is 0. The molecule has 0 aromatic carbocycles. The van der Waals surface area contributed by atoms with Crippen molar-refractivity contribution >= 4 is 5.91 Å². The summed E-state index contributed by atoms with van der Waals surface area (Å²) in [5, 5.41) is 13.4. The van der Waals surface area contributed by atoms with E-state index in [4.69, 9.17) is 4.74 Å². The Labute approximate surface area is 131 Å². The number of aromatic amines is 1. The van der Waals surface area contributed by atoms with Gasteiger partial charge in [-0.05, 0) is 27.4 Å². The van der Waals surface area contributed by atoms with Crippen LogP contribution in [0.4, 0.5) is 0 Å². The van der Waals surface area contributed by atoms with E-state index in [0.717, 1.165) is 37.2 Å². The Morgan fingerprint density at radius 2 is 2.32 bits per heavy atom. The second kappa shape index (κ2) is 8.26. The number of carbonyl (C=O) groups excluding carboxylic acids is 1. The van der Waals surface area contributed by atoms with Crippen molar-refractivity contribution in [2.45, 2.75) is 32.4 Å². The summed E-state index contributed by atoms with van der Waals surface area (Å²) in [5.74, 6) is -0.129. The quantitative estimate of drug-likeness (QED) is 0.636. The third-order valence-electron chi connectivity index (χ3n) is 3.81. The van der Waals surface area contributed by atoms with E-state index in [1.165, 1.54) is 0 Å². The molecule has 1 aliphatic heterocycles. The summed E-state index contributed by atoms with van der Waals surface area (Å²) in [5.41, 5.74) is 2.56. The van der Waals surface area contributed by atoms with Crippen LogP contribution in [0.1, 0.15) is 35.1 Å². The molecule has 3 N–H and O–H groups in total. The maximum Gasteiger partial charge on any atom is 0.272 e. The number of hydrogen-bond donors (Lipinski definition) is 3. The first-order valence-corrected chi connectivity index (χ1v) is 7.93. The number of fused-ring (bicyclic) bond motifs is 1. The lowest BCUT2D eigenvalue weighted by Gasteiger charge is -2.20. The molecule has 0 bridgehead atoms. The number of hydrogen-bond acceptors (Lipinski definition) is 5. The molecule has 124 valence electrons. The van der Waals surface area contributed by atoms with Crippen LogP contribution in [0.25, 0.3) is 0 Å². The maximum atomic E-state index is 12.3. The fraction of sp³-hybridized carbons (Fsp3) is 0.733. The molecule has 0 fully saturated rings. The number of amides is 1. The lowest BCUT2D eigenvalue weighted by molar-refractivity contribution is 0.0495. The topological polar surface area (TPSA) is 82.3 Å². The monoisotopic (exact) mass is 309 g/mol. The van der Waals surface area contributed by atoms with Crippen LogP contribution in [0.15, 0.2) is 0 Å². The van der Waals surface area contributed by atoms with E-state index in [-0.39, 0.29) is 12.0 Å². The number of nitrogens with zero attached hydrogens (tertiary/aromatic N) is 2. The minimum absolute atomic E-state index is 0.0317. The van der Waals surface area contributed by atoms with Gasteiger partial charge in [0.25, 0.3) is 5.91 Å². The normalized spacial score (nSPS) is 15.6. The molecule has 1 aliphatic rings. The van der Waals surface area contributed by atoms with Gasteiger partial charge in [0.2, 0.25) is 0 Å². The van der Waals surface area contributed by atoms with Gasteiger partial charge in [-0.15, -0.1) is 0 Å². The minimum atomic E-state index is -0.129. The highest BCUT2D eigenvalue weighted by molar-refractivity contribution is 5.94. The highest BCUT2D eigenvalue weighted by Crippen LogP contribution is 2.15. The second-order valence-electron chi connectivity index (χ2n) is 5.84. The predicted molar refractivity (Wildman–Crippen MR) is 84.9 cm³/mol. The van der Waals surface area contributed by atoms with Gasteiger partial charge in [0.1, 0.15) is 0 Å². The zero-order chi connectivity index (χ0) is 15.9. The predicted octanol–water partition coefficient (Wildman–Crippen LogP) is 0.142. The SMILES string of the molecule is CCOC(CCN(C)C)CNC(=O)c1n[nH]c2c1CNCC2. The van der Waals surface area contributed by atoms with Crippen molar-refractivity contribution < 1.29 is 9.53 Å². The van der Waals surface area contributed by atoms with Crippen LogP contribution < -0.4 is 10.6 Å². The van der Waals surface area contributed by atoms with Crippen LogP contribution in [0.5, 0.6) is 0 Å². The number of nitrogens with one attached hydrogen (secondary N) is 3. The van der Waals surface area contributed by atoms with Gasteiger partial charge in [0, 0.05) is 50.5 Å². The van der Waals surface area contributed by atoms with Gasteiger partial charge >= 0.3 is 0 Å². The fourth-order valence-electron chi connectivity index (χ4n) is 2.59. The van der Waals surface area contributed by atoms with Gasteiger partial charge in [0.05, 0.1) is 6.10 Å². The number of H-pyrrole nitrogens is 1. The molecule has 2 rings (SSSR count). The van der Waals surface area contributed by atoms with Gasteiger partial charge < -0.3 is 20.3 Å². The van der Waals surface area contributed by atoms with E-state index < -0.39 is 0 Å². The molecule has 1 unspecified atom stereocenters. The number of aromatic nitrogens is 2. The first-order valence-electron chi connectivity index (χ1n) is 7.93. The molecule has 2 heterocycles.